The van der Waals surface area contributed by atoms with Crippen molar-refractivity contribution >= 4 is 5.97 Å². The fourth-order valence-electron chi connectivity index (χ4n) is 4.37. The smallest absolute Gasteiger partial charge is 0.323 e. The zero-order valence-corrected chi connectivity index (χ0v) is 12.2. The van der Waals surface area contributed by atoms with E-state index in [1.807, 2.05) is 0 Å². The minimum atomic E-state index is -0.553. The maximum absolute atomic E-state index is 12.0. The third kappa shape index (κ3) is 2.78. The molecule has 0 aromatic carbocycles. The Morgan fingerprint density at radius 3 is 2.79 bits per heavy atom. The molecule has 2 saturated carbocycles. The first kappa shape index (κ1) is 14.4. The van der Waals surface area contributed by atoms with Gasteiger partial charge in [0.15, 0.2) is 0 Å². The number of fused-ring (bicyclic) bond motifs is 1. The molecular formula is C16H25NO2. The lowest BCUT2D eigenvalue weighted by molar-refractivity contribution is -0.150. The van der Waals surface area contributed by atoms with Gasteiger partial charge in [-0.2, -0.15) is 5.26 Å². The second-order valence-electron chi connectivity index (χ2n) is 6.42. The largest absolute Gasteiger partial charge is 0.465 e. The number of rotatable bonds is 3. The molecule has 2 aliphatic carbocycles. The summed E-state index contributed by atoms with van der Waals surface area (Å²) >= 11 is 0. The molecule has 2 fully saturated rings. The molecule has 106 valence electrons. The van der Waals surface area contributed by atoms with Gasteiger partial charge in [-0.1, -0.05) is 26.2 Å². The van der Waals surface area contributed by atoms with Crippen LogP contribution in [-0.4, -0.2) is 12.6 Å². The zero-order valence-electron chi connectivity index (χ0n) is 12.2. The first-order chi connectivity index (χ1) is 9.12. The van der Waals surface area contributed by atoms with Gasteiger partial charge in [0.05, 0.1) is 12.7 Å². The van der Waals surface area contributed by atoms with Gasteiger partial charge in [0, 0.05) is 0 Å². The number of ether oxygens (including phenoxy) is 1. The summed E-state index contributed by atoms with van der Waals surface area (Å²) in [6.45, 7) is 4.53. The van der Waals surface area contributed by atoms with Gasteiger partial charge in [-0.3, -0.25) is 4.79 Å². The third-order valence-corrected chi connectivity index (χ3v) is 5.32. The van der Waals surface area contributed by atoms with Crippen molar-refractivity contribution < 1.29 is 9.53 Å². The highest BCUT2D eigenvalue weighted by Gasteiger charge is 2.47. The summed E-state index contributed by atoms with van der Waals surface area (Å²) in [5.41, 5.74) is 0.350. The summed E-state index contributed by atoms with van der Waals surface area (Å²) in [5, 5.41) is 9.40. The number of esters is 1. The van der Waals surface area contributed by atoms with Crippen LogP contribution in [0, 0.1) is 34.5 Å². The lowest BCUT2D eigenvalue weighted by Gasteiger charge is -2.50. The van der Waals surface area contributed by atoms with Gasteiger partial charge in [-0.15, -0.1) is 0 Å². The van der Waals surface area contributed by atoms with Crippen LogP contribution in [-0.2, 0) is 9.53 Å². The van der Waals surface area contributed by atoms with Gasteiger partial charge in [0.25, 0.3) is 0 Å². The van der Waals surface area contributed by atoms with Crippen LogP contribution in [0.5, 0.6) is 0 Å². The van der Waals surface area contributed by atoms with Gasteiger partial charge in [0.1, 0.15) is 5.92 Å². The van der Waals surface area contributed by atoms with E-state index in [0.717, 1.165) is 12.8 Å². The molecular weight excluding hydrogens is 238 g/mol. The minimum absolute atomic E-state index is 0.211. The minimum Gasteiger partial charge on any atom is -0.465 e. The molecule has 0 aliphatic heterocycles. The molecule has 0 N–H and O–H groups in total. The van der Waals surface area contributed by atoms with E-state index >= 15 is 0 Å². The van der Waals surface area contributed by atoms with Crippen LogP contribution in [0.3, 0.4) is 0 Å². The molecule has 0 aromatic rings. The highest BCUT2D eigenvalue weighted by atomic mass is 16.5. The second kappa shape index (κ2) is 5.94. The Kier molecular flexibility index (Phi) is 4.50. The van der Waals surface area contributed by atoms with Crippen LogP contribution in [0.25, 0.3) is 0 Å². The van der Waals surface area contributed by atoms with Crippen molar-refractivity contribution in [3.63, 3.8) is 0 Å². The van der Waals surface area contributed by atoms with E-state index in [-0.39, 0.29) is 11.9 Å². The Balaban J connectivity index is 2.17. The van der Waals surface area contributed by atoms with Gasteiger partial charge in [0.2, 0.25) is 0 Å². The Hall–Kier alpha value is -1.04. The monoisotopic (exact) mass is 263 g/mol. The lowest BCUT2D eigenvalue weighted by atomic mass is 9.54. The number of nitrogens with zero attached hydrogens (tertiary/aromatic N) is 1. The quantitative estimate of drug-likeness (QED) is 0.730. The lowest BCUT2D eigenvalue weighted by Crippen LogP contribution is -2.44. The molecule has 4 atom stereocenters. The molecule has 2 rings (SSSR count). The Labute approximate surface area is 116 Å². The number of carbonyl (C=O) groups is 1. The van der Waals surface area contributed by atoms with Crippen LogP contribution < -0.4 is 0 Å². The number of carbonyl (C=O) groups excluding carboxylic acids is 1. The molecule has 0 amide bonds. The maximum atomic E-state index is 12.0. The van der Waals surface area contributed by atoms with Crippen LogP contribution in [0.1, 0.15) is 58.8 Å². The molecule has 19 heavy (non-hydrogen) atoms. The summed E-state index contributed by atoms with van der Waals surface area (Å²) in [7, 11) is 0. The summed E-state index contributed by atoms with van der Waals surface area (Å²) in [6, 6.07) is 2.23. The standard InChI is InChI=1S/C16H25NO2/c1-3-19-15(18)13(11-17)12-7-6-10-16(2)9-5-4-8-14(12)16/h12-14H,3-10H2,1-2H3. The van der Waals surface area contributed by atoms with Crippen molar-refractivity contribution in [2.75, 3.05) is 6.61 Å². The normalized spacial score (nSPS) is 35.8. The van der Waals surface area contributed by atoms with Crippen LogP contribution in [0.4, 0.5) is 0 Å². The fraction of sp³-hybridized carbons (Fsp3) is 0.875. The molecule has 0 heterocycles. The predicted octanol–water partition coefficient (Wildman–Crippen LogP) is 3.69. The average molecular weight is 263 g/mol. The van der Waals surface area contributed by atoms with Crippen molar-refractivity contribution in [1.29, 1.82) is 5.26 Å². The van der Waals surface area contributed by atoms with Gasteiger partial charge >= 0.3 is 5.97 Å². The van der Waals surface area contributed by atoms with Crippen LogP contribution >= 0.6 is 0 Å². The first-order valence-corrected chi connectivity index (χ1v) is 7.68. The van der Waals surface area contributed by atoms with Crippen molar-refractivity contribution in [2.45, 2.75) is 58.8 Å². The molecule has 3 nitrogen and oxygen atoms in total. The molecule has 3 heteroatoms. The zero-order chi connectivity index (χ0) is 13.9. The van der Waals surface area contributed by atoms with E-state index in [2.05, 4.69) is 13.0 Å². The van der Waals surface area contributed by atoms with Crippen LogP contribution in [0.15, 0.2) is 0 Å². The van der Waals surface area contributed by atoms with Crippen molar-refractivity contribution in [3.8, 4) is 6.07 Å². The molecule has 0 spiro atoms. The van der Waals surface area contributed by atoms with E-state index in [1.165, 1.54) is 32.1 Å². The van der Waals surface area contributed by atoms with E-state index in [4.69, 9.17) is 4.74 Å². The number of nitriles is 1. The summed E-state index contributed by atoms with van der Waals surface area (Å²) in [4.78, 5) is 12.0. The van der Waals surface area contributed by atoms with Crippen molar-refractivity contribution in [2.24, 2.45) is 23.2 Å². The van der Waals surface area contributed by atoms with Gasteiger partial charge in [-0.05, 0) is 49.9 Å². The molecule has 0 saturated heterocycles. The van der Waals surface area contributed by atoms with Gasteiger partial charge in [-0.25, -0.2) is 0 Å². The molecule has 0 bridgehead atoms. The second-order valence-corrected chi connectivity index (χ2v) is 6.42. The van der Waals surface area contributed by atoms with E-state index in [9.17, 15) is 10.1 Å². The number of hydrogen-bond acceptors (Lipinski definition) is 3. The first-order valence-electron chi connectivity index (χ1n) is 7.68. The fourth-order valence-corrected chi connectivity index (χ4v) is 4.37. The topological polar surface area (TPSA) is 50.1 Å². The van der Waals surface area contributed by atoms with E-state index in [1.54, 1.807) is 6.92 Å². The summed E-state index contributed by atoms with van der Waals surface area (Å²) in [6.07, 6.45) is 8.41. The Bertz CT molecular complexity index is 369. The highest BCUT2D eigenvalue weighted by Crippen LogP contribution is 2.54. The number of hydrogen-bond donors (Lipinski definition) is 0. The van der Waals surface area contributed by atoms with Gasteiger partial charge < -0.3 is 4.74 Å². The SMILES string of the molecule is CCOC(=O)C(C#N)C1CCCC2(C)CCCCC12. The van der Waals surface area contributed by atoms with E-state index in [0.29, 0.717) is 17.9 Å². The van der Waals surface area contributed by atoms with Crippen LogP contribution in [0.2, 0.25) is 0 Å². The predicted molar refractivity (Wildman–Crippen MR) is 73.1 cm³/mol. The molecule has 2 aliphatic rings. The van der Waals surface area contributed by atoms with Crippen molar-refractivity contribution in [3.05, 3.63) is 0 Å². The van der Waals surface area contributed by atoms with Crippen molar-refractivity contribution in [1.82, 2.24) is 0 Å². The van der Waals surface area contributed by atoms with E-state index < -0.39 is 5.92 Å². The summed E-state index contributed by atoms with van der Waals surface area (Å²) in [5.74, 6) is -0.111. The summed E-state index contributed by atoms with van der Waals surface area (Å²) < 4.78 is 5.10. The third-order valence-electron chi connectivity index (χ3n) is 5.32. The molecule has 0 aromatic heterocycles. The molecule has 0 radical (unpaired) electrons. The maximum Gasteiger partial charge on any atom is 0.323 e. The molecule has 4 unspecified atom stereocenters. The Morgan fingerprint density at radius 1 is 1.37 bits per heavy atom. The average Bonchev–Trinajstić information content (AvgIpc) is 2.39. The Morgan fingerprint density at radius 2 is 2.11 bits per heavy atom. The highest BCUT2D eigenvalue weighted by molar-refractivity contribution is 5.75.